The maximum absolute atomic E-state index is 14.0. The summed E-state index contributed by atoms with van der Waals surface area (Å²) in [6.45, 7) is 2.80. The molecule has 0 saturated carbocycles. The Bertz CT molecular complexity index is 846. The van der Waals surface area contributed by atoms with Crippen LogP contribution in [0, 0.1) is 12.7 Å². The first-order valence-electron chi connectivity index (χ1n) is 8.41. The molecule has 0 N–H and O–H groups in total. The Kier molecular flexibility index (Phi) is 7.08. The van der Waals surface area contributed by atoms with Crippen LogP contribution >= 0.6 is 0 Å². The van der Waals surface area contributed by atoms with Crippen molar-refractivity contribution in [1.82, 2.24) is 9.21 Å². The van der Waals surface area contributed by atoms with Crippen molar-refractivity contribution in [3.8, 4) is 0 Å². The fourth-order valence-corrected chi connectivity index (χ4v) is 3.51. The van der Waals surface area contributed by atoms with Crippen molar-refractivity contribution in [2.24, 2.45) is 0 Å². The van der Waals surface area contributed by atoms with Crippen LogP contribution in [0.15, 0.2) is 53.9 Å². The van der Waals surface area contributed by atoms with Gasteiger partial charge in [0.15, 0.2) is 0 Å². The van der Waals surface area contributed by atoms with Crippen molar-refractivity contribution in [1.29, 1.82) is 0 Å². The van der Waals surface area contributed by atoms with Crippen LogP contribution in [-0.2, 0) is 16.6 Å². The predicted octanol–water partition coefficient (Wildman–Crippen LogP) is 3.50. The number of hydrogen-bond acceptors (Lipinski definition) is 3. The van der Waals surface area contributed by atoms with Gasteiger partial charge in [-0.15, -0.1) is 0 Å². The lowest BCUT2D eigenvalue weighted by molar-refractivity contribution is 0.329. The molecule has 2 aromatic rings. The molecule has 0 spiro atoms. The van der Waals surface area contributed by atoms with Gasteiger partial charge in [0.25, 0.3) is 0 Å². The molecule has 0 aliphatic carbocycles. The van der Waals surface area contributed by atoms with Crippen molar-refractivity contribution < 1.29 is 12.8 Å². The highest BCUT2D eigenvalue weighted by Gasteiger charge is 2.21. The van der Waals surface area contributed by atoms with Crippen molar-refractivity contribution >= 4 is 16.1 Å². The Morgan fingerprint density at radius 2 is 1.65 bits per heavy atom. The molecule has 0 radical (unpaired) electrons. The van der Waals surface area contributed by atoms with E-state index in [1.54, 1.807) is 24.3 Å². The summed E-state index contributed by atoms with van der Waals surface area (Å²) in [5.74, 6) is -0.403. The van der Waals surface area contributed by atoms with Gasteiger partial charge in [-0.25, -0.2) is 12.8 Å². The van der Waals surface area contributed by atoms with E-state index in [-0.39, 0.29) is 13.1 Å². The summed E-state index contributed by atoms with van der Waals surface area (Å²) in [5, 5.41) is 1.19. The third-order valence-corrected chi connectivity index (χ3v) is 5.48. The van der Waals surface area contributed by atoms with Crippen LogP contribution in [0.4, 0.5) is 4.39 Å². The zero-order chi connectivity index (χ0) is 19.2. The van der Waals surface area contributed by atoms with Crippen LogP contribution in [0.5, 0.6) is 0 Å². The van der Waals surface area contributed by atoms with Gasteiger partial charge in [0.05, 0.1) is 0 Å². The van der Waals surface area contributed by atoms with E-state index in [1.165, 1.54) is 15.8 Å². The maximum atomic E-state index is 14.0. The Hall–Kier alpha value is -2.02. The molecule has 0 aliphatic rings. The lowest BCUT2D eigenvalue weighted by atomic mass is 10.2. The Morgan fingerprint density at radius 3 is 2.27 bits per heavy atom. The average Bonchev–Trinajstić information content (AvgIpc) is 2.59. The molecule has 4 nitrogen and oxygen atoms in total. The second-order valence-electron chi connectivity index (χ2n) is 6.49. The predicted molar refractivity (Wildman–Crippen MR) is 104 cm³/mol. The Morgan fingerprint density at radius 1 is 1.00 bits per heavy atom. The molecule has 0 aliphatic heterocycles. The molecular weight excluding hydrogens is 351 g/mol. The summed E-state index contributed by atoms with van der Waals surface area (Å²) in [4.78, 5) is 1.90. The highest BCUT2D eigenvalue weighted by Crippen LogP contribution is 2.15. The number of halogens is 1. The van der Waals surface area contributed by atoms with E-state index in [1.807, 2.05) is 50.2 Å². The fraction of sp³-hybridized carbons (Fsp3) is 0.300. The molecule has 26 heavy (non-hydrogen) atoms. The molecule has 0 unspecified atom stereocenters. The molecule has 0 bridgehead atoms. The van der Waals surface area contributed by atoms with Gasteiger partial charge in [-0.3, -0.25) is 0 Å². The highest BCUT2D eigenvalue weighted by atomic mass is 32.2. The van der Waals surface area contributed by atoms with Gasteiger partial charge in [-0.2, -0.15) is 4.31 Å². The van der Waals surface area contributed by atoms with E-state index in [2.05, 4.69) is 0 Å². The lowest BCUT2D eigenvalue weighted by Gasteiger charge is -2.22. The molecule has 6 heteroatoms. The summed E-state index contributed by atoms with van der Waals surface area (Å²) in [5.41, 5.74) is 2.27. The van der Waals surface area contributed by atoms with Gasteiger partial charge in [-0.05, 0) is 38.7 Å². The molecule has 0 heterocycles. The van der Waals surface area contributed by atoms with Gasteiger partial charge in [0, 0.05) is 30.6 Å². The molecular formula is C20H25FN2O2S. The summed E-state index contributed by atoms with van der Waals surface area (Å²) in [6, 6.07) is 13.8. The quantitative estimate of drug-likeness (QED) is 0.708. The van der Waals surface area contributed by atoms with Crippen LogP contribution in [-0.4, -0.2) is 44.8 Å². The van der Waals surface area contributed by atoms with Crippen LogP contribution in [0.3, 0.4) is 0 Å². The van der Waals surface area contributed by atoms with E-state index in [4.69, 9.17) is 0 Å². The first-order chi connectivity index (χ1) is 12.3. The van der Waals surface area contributed by atoms with Crippen molar-refractivity contribution in [2.45, 2.75) is 13.5 Å². The molecule has 0 amide bonds. The third kappa shape index (κ3) is 6.05. The van der Waals surface area contributed by atoms with Gasteiger partial charge >= 0.3 is 0 Å². The number of rotatable bonds is 8. The minimum Gasteiger partial charge on any atom is -0.308 e. The Balaban J connectivity index is 2.24. The minimum absolute atomic E-state index is 0.00108. The first kappa shape index (κ1) is 20.3. The largest absolute Gasteiger partial charge is 0.308 e. The van der Waals surface area contributed by atoms with E-state index in [9.17, 15) is 12.8 Å². The molecule has 2 rings (SSSR count). The monoisotopic (exact) mass is 376 g/mol. The van der Waals surface area contributed by atoms with Crippen molar-refractivity contribution in [3.05, 3.63) is 76.4 Å². The van der Waals surface area contributed by atoms with Crippen LogP contribution in [0.2, 0.25) is 0 Å². The summed E-state index contributed by atoms with van der Waals surface area (Å²) < 4.78 is 40.9. The Labute approximate surface area is 155 Å². The number of hydrogen-bond donors (Lipinski definition) is 0. The SMILES string of the molecule is Cc1ccc(C=CS(=O)(=O)N(CCN(C)C)Cc2ccccc2F)cc1. The number of aryl methyl sites for hydroxylation is 1. The number of sulfonamides is 1. The summed E-state index contributed by atoms with van der Waals surface area (Å²) in [6.07, 6.45) is 1.57. The molecule has 0 fully saturated rings. The third-order valence-electron chi connectivity index (χ3n) is 3.97. The standard InChI is InChI=1S/C20H25FN2O2S/c1-17-8-10-18(11-9-17)12-15-26(24,25)23(14-13-22(2)3)16-19-6-4-5-7-20(19)21/h4-12,15H,13-14,16H2,1-3H3. The summed E-state index contributed by atoms with van der Waals surface area (Å²) in [7, 11) is 0.0603. The molecule has 2 aromatic carbocycles. The minimum atomic E-state index is -3.68. The molecule has 0 aromatic heterocycles. The zero-order valence-electron chi connectivity index (χ0n) is 15.4. The van der Waals surface area contributed by atoms with E-state index >= 15 is 0 Å². The van der Waals surface area contributed by atoms with Gasteiger partial charge < -0.3 is 4.90 Å². The number of likely N-dealkylation sites (N-methyl/N-ethyl adjacent to an activating group) is 1. The maximum Gasteiger partial charge on any atom is 0.236 e. The zero-order valence-corrected chi connectivity index (χ0v) is 16.2. The average molecular weight is 376 g/mol. The van der Waals surface area contributed by atoms with E-state index < -0.39 is 15.8 Å². The molecule has 140 valence electrons. The van der Waals surface area contributed by atoms with Crippen molar-refractivity contribution in [3.63, 3.8) is 0 Å². The topological polar surface area (TPSA) is 40.6 Å². The van der Waals surface area contributed by atoms with Crippen LogP contribution in [0.1, 0.15) is 16.7 Å². The lowest BCUT2D eigenvalue weighted by Crippen LogP contribution is -2.35. The van der Waals surface area contributed by atoms with Crippen molar-refractivity contribution in [2.75, 3.05) is 27.2 Å². The normalized spacial score (nSPS) is 12.4. The summed E-state index contributed by atoms with van der Waals surface area (Å²) >= 11 is 0. The second-order valence-corrected chi connectivity index (χ2v) is 8.31. The second kappa shape index (κ2) is 9.07. The molecule has 0 atom stereocenters. The highest BCUT2D eigenvalue weighted by molar-refractivity contribution is 7.92. The number of nitrogens with zero attached hydrogens (tertiary/aromatic N) is 2. The molecule has 0 saturated heterocycles. The van der Waals surface area contributed by atoms with E-state index in [0.717, 1.165) is 11.1 Å². The van der Waals surface area contributed by atoms with Crippen LogP contribution < -0.4 is 0 Å². The van der Waals surface area contributed by atoms with Gasteiger partial charge in [0.2, 0.25) is 10.0 Å². The van der Waals surface area contributed by atoms with Gasteiger partial charge in [0.1, 0.15) is 5.82 Å². The van der Waals surface area contributed by atoms with E-state index in [0.29, 0.717) is 12.1 Å². The fourth-order valence-electron chi connectivity index (χ4n) is 2.35. The van der Waals surface area contributed by atoms with Gasteiger partial charge in [-0.1, -0.05) is 48.0 Å². The number of benzene rings is 2. The first-order valence-corrected chi connectivity index (χ1v) is 9.91. The smallest absolute Gasteiger partial charge is 0.236 e. The van der Waals surface area contributed by atoms with Crippen LogP contribution in [0.25, 0.3) is 6.08 Å².